The van der Waals surface area contributed by atoms with Gasteiger partial charge in [-0.1, -0.05) is 22.6 Å². The van der Waals surface area contributed by atoms with Gasteiger partial charge in [0.05, 0.1) is 11.0 Å². The zero-order chi connectivity index (χ0) is 15.1. The molecule has 0 aromatic heterocycles. The Balaban J connectivity index is 1.97. The lowest BCUT2D eigenvalue weighted by Crippen LogP contribution is -2.11. The van der Waals surface area contributed by atoms with E-state index in [1.165, 1.54) is 0 Å². The summed E-state index contributed by atoms with van der Waals surface area (Å²) >= 11 is 2.04. The minimum Gasteiger partial charge on any atom is -0.494 e. The standard InChI is InChI=1S/C16H17IN2O2/c1-2-21-15-9-7-13(8-10-15)18-12-3-5-14(6-4-12)19-16(20)11-17/h3-10,18H,2,11H2,1H3,(H,19,20). The maximum absolute atomic E-state index is 11.3. The number of carbonyl (C=O) groups excluding carboxylic acids is 1. The molecule has 1 amide bonds. The summed E-state index contributed by atoms with van der Waals surface area (Å²) in [6.45, 7) is 2.63. The summed E-state index contributed by atoms with van der Waals surface area (Å²) in [5, 5.41) is 6.11. The summed E-state index contributed by atoms with van der Waals surface area (Å²) in [6, 6.07) is 15.4. The van der Waals surface area contributed by atoms with Crippen LogP contribution in [-0.4, -0.2) is 16.9 Å². The lowest BCUT2D eigenvalue weighted by molar-refractivity contribution is -0.113. The first kappa shape index (κ1) is 15.6. The van der Waals surface area contributed by atoms with Crippen molar-refractivity contribution in [1.82, 2.24) is 0 Å². The third-order valence-electron chi connectivity index (χ3n) is 2.74. The van der Waals surface area contributed by atoms with E-state index in [-0.39, 0.29) is 5.91 Å². The van der Waals surface area contributed by atoms with E-state index in [0.29, 0.717) is 11.0 Å². The van der Waals surface area contributed by atoms with Crippen molar-refractivity contribution in [2.75, 3.05) is 21.7 Å². The summed E-state index contributed by atoms with van der Waals surface area (Å²) in [6.07, 6.45) is 0. The molecule has 0 heterocycles. The van der Waals surface area contributed by atoms with Crippen LogP contribution in [0.1, 0.15) is 6.92 Å². The van der Waals surface area contributed by atoms with E-state index >= 15 is 0 Å². The van der Waals surface area contributed by atoms with E-state index < -0.39 is 0 Å². The Kier molecular flexibility index (Phi) is 5.86. The molecule has 5 heteroatoms. The molecule has 2 rings (SSSR count). The average Bonchev–Trinajstić information content (AvgIpc) is 2.51. The topological polar surface area (TPSA) is 50.4 Å². The van der Waals surface area contributed by atoms with Gasteiger partial charge in [-0.25, -0.2) is 0 Å². The Morgan fingerprint density at radius 1 is 1.00 bits per heavy atom. The largest absolute Gasteiger partial charge is 0.494 e. The highest BCUT2D eigenvalue weighted by Gasteiger charge is 2.00. The van der Waals surface area contributed by atoms with E-state index in [4.69, 9.17) is 4.74 Å². The number of halogens is 1. The van der Waals surface area contributed by atoms with Crippen LogP contribution >= 0.6 is 22.6 Å². The van der Waals surface area contributed by atoms with Crippen molar-refractivity contribution in [1.29, 1.82) is 0 Å². The zero-order valence-corrected chi connectivity index (χ0v) is 13.9. The van der Waals surface area contributed by atoms with Crippen LogP contribution in [-0.2, 0) is 4.79 Å². The Bertz CT molecular complexity index is 582. The molecule has 0 unspecified atom stereocenters. The maximum atomic E-state index is 11.3. The Labute approximate surface area is 138 Å². The van der Waals surface area contributed by atoms with E-state index in [2.05, 4.69) is 10.6 Å². The van der Waals surface area contributed by atoms with Crippen molar-refractivity contribution in [2.45, 2.75) is 6.92 Å². The molecule has 2 N–H and O–H groups in total. The fourth-order valence-electron chi connectivity index (χ4n) is 1.80. The van der Waals surface area contributed by atoms with Gasteiger partial charge in [-0.15, -0.1) is 0 Å². The van der Waals surface area contributed by atoms with Crippen LogP contribution in [0, 0.1) is 0 Å². The van der Waals surface area contributed by atoms with E-state index in [1.54, 1.807) is 0 Å². The summed E-state index contributed by atoms with van der Waals surface area (Å²) in [7, 11) is 0. The molecule has 2 aromatic carbocycles. The third-order valence-corrected chi connectivity index (χ3v) is 3.44. The molecule has 0 fully saturated rings. The SMILES string of the molecule is CCOc1ccc(Nc2ccc(NC(=O)CI)cc2)cc1. The number of nitrogens with one attached hydrogen (secondary N) is 2. The maximum Gasteiger partial charge on any atom is 0.234 e. The van der Waals surface area contributed by atoms with Crippen molar-refractivity contribution in [2.24, 2.45) is 0 Å². The second-order valence-corrected chi connectivity index (χ2v) is 5.10. The van der Waals surface area contributed by atoms with Gasteiger partial charge < -0.3 is 15.4 Å². The van der Waals surface area contributed by atoms with Crippen molar-refractivity contribution in [3.05, 3.63) is 48.5 Å². The minimum atomic E-state index is 0.00261. The van der Waals surface area contributed by atoms with Crippen molar-refractivity contribution >= 4 is 45.6 Å². The fourth-order valence-corrected chi connectivity index (χ4v) is 1.99. The number of amides is 1. The molecule has 0 saturated heterocycles. The van der Waals surface area contributed by atoms with Crippen molar-refractivity contribution in [3.63, 3.8) is 0 Å². The molecule has 0 spiro atoms. The Morgan fingerprint density at radius 3 is 2.05 bits per heavy atom. The average molecular weight is 396 g/mol. The van der Waals surface area contributed by atoms with E-state index in [9.17, 15) is 4.79 Å². The summed E-state index contributed by atoms with van der Waals surface area (Å²) in [5.74, 6) is 0.864. The highest BCUT2D eigenvalue weighted by atomic mass is 127. The van der Waals surface area contributed by atoms with Gasteiger partial charge in [-0.2, -0.15) is 0 Å². The lowest BCUT2D eigenvalue weighted by atomic mass is 10.2. The van der Waals surface area contributed by atoms with Gasteiger partial charge in [0.25, 0.3) is 0 Å². The molecule has 0 aliphatic rings. The molecular weight excluding hydrogens is 379 g/mol. The normalized spacial score (nSPS) is 10.0. The predicted octanol–water partition coefficient (Wildman–Crippen LogP) is 4.20. The molecule has 0 aliphatic carbocycles. The molecule has 4 nitrogen and oxygen atoms in total. The number of rotatable bonds is 6. The number of hydrogen-bond donors (Lipinski definition) is 2. The quantitative estimate of drug-likeness (QED) is 0.569. The summed E-state index contributed by atoms with van der Waals surface area (Å²) < 4.78 is 5.85. The number of carbonyl (C=O) groups is 1. The third kappa shape index (κ3) is 4.93. The Morgan fingerprint density at radius 2 is 1.52 bits per heavy atom. The van der Waals surface area contributed by atoms with Crippen LogP contribution in [0.15, 0.2) is 48.5 Å². The van der Waals surface area contributed by atoms with Crippen LogP contribution in [0.3, 0.4) is 0 Å². The molecule has 0 saturated carbocycles. The number of ether oxygens (including phenoxy) is 1. The molecule has 2 aromatic rings. The van der Waals surface area contributed by atoms with E-state index in [1.807, 2.05) is 78.0 Å². The molecule has 0 bridgehead atoms. The van der Waals surface area contributed by atoms with Crippen LogP contribution in [0.2, 0.25) is 0 Å². The number of alkyl halides is 1. The molecule has 0 atom stereocenters. The molecular formula is C16H17IN2O2. The number of benzene rings is 2. The highest BCUT2D eigenvalue weighted by Crippen LogP contribution is 2.21. The second kappa shape index (κ2) is 7.87. The first-order valence-electron chi connectivity index (χ1n) is 6.67. The van der Waals surface area contributed by atoms with Gasteiger partial charge >= 0.3 is 0 Å². The van der Waals surface area contributed by atoms with Crippen molar-refractivity contribution in [3.8, 4) is 5.75 Å². The smallest absolute Gasteiger partial charge is 0.234 e. The van der Waals surface area contributed by atoms with Gasteiger partial charge in [0, 0.05) is 17.1 Å². The lowest BCUT2D eigenvalue weighted by Gasteiger charge is -2.09. The zero-order valence-electron chi connectivity index (χ0n) is 11.7. The molecule has 0 radical (unpaired) electrons. The fraction of sp³-hybridized carbons (Fsp3) is 0.188. The first-order valence-corrected chi connectivity index (χ1v) is 8.19. The first-order chi connectivity index (χ1) is 10.2. The van der Waals surface area contributed by atoms with Gasteiger partial charge in [0.1, 0.15) is 5.75 Å². The monoisotopic (exact) mass is 396 g/mol. The highest BCUT2D eigenvalue weighted by molar-refractivity contribution is 14.1. The number of anilines is 3. The van der Waals surface area contributed by atoms with Crippen LogP contribution in [0.5, 0.6) is 5.75 Å². The van der Waals surface area contributed by atoms with Crippen LogP contribution < -0.4 is 15.4 Å². The van der Waals surface area contributed by atoms with Crippen LogP contribution in [0.25, 0.3) is 0 Å². The van der Waals surface area contributed by atoms with Gasteiger partial charge in [0.2, 0.25) is 5.91 Å². The van der Waals surface area contributed by atoms with Crippen LogP contribution in [0.4, 0.5) is 17.1 Å². The van der Waals surface area contributed by atoms with Gasteiger partial charge in [0.15, 0.2) is 0 Å². The van der Waals surface area contributed by atoms with Gasteiger partial charge in [-0.05, 0) is 55.5 Å². The number of hydrogen-bond acceptors (Lipinski definition) is 3. The molecule has 110 valence electrons. The van der Waals surface area contributed by atoms with Gasteiger partial charge in [-0.3, -0.25) is 4.79 Å². The summed E-state index contributed by atoms with van der Waals surface area (Å²) in [4.78, 5) is 11.3. The Hall–Kier alpha value is -1.76. The van der Waals surface area contributed by atoms with E-state index in [0.717, 1.165) is 22.8 Å². The predicted molar refractivity (Wildman–Crippen MR) is 94.9 cm³/mol. The van der Waals surface area contributed by atoms with Crippen molar-refractivity contribution < 1.29 is 9.53 Å². The minimum absolute atomic E-state index is 0.00261. The second-order valence-electron chi connectivity index (χ2n) is 4.34. The summed E-state index contributed by atoms with van der Waals surface area (Å²) in [5.41, 5.74) is 2.75. The molecule has 0 aliphatic heterocycles. The molecule has 21 heavy (non-hydrogen) atoms.